The molecule has 0 aliphatic rings. The Morgan fingerprint density at radius 2 is 1.85 bits per heavy atom. The molecule has 3 aromatic rings. The van der Waals surface area contributed by atoms with Gasteiger partial charge in [-0.05, 0) is 41.1 Å². The SMILES string of the molecule is COc1ccc(C[NH+](C)CC(=O)Nc2ccc3ccccc3c2)cc1F. The molecule has 1 atom stereocenters. The zero-order valence-electron chi connectivity index (χ0n) is 14.9. The number of amides is 1. The minimum Gasteiger partial charge on any atom is -0.494 e. The number of fused-ring (bicyclic) bond motifs is 1. The molecule has 0 heterocycles. The third-order valence-electron chi connectivity index (χ3n) is 4.22. The lowest BCUT2D eigenvalue weighted by Gasteiger charge is -2.14. The summed E-state index contributed by atoms with van der Waals surface area (Å²) in [6.45, 7) is 0.840. The number of carbonyl (C=O) groups is 1. The van der Waals surface area contributed by atoms with E-state index in [0.29, 0.717) is 13.1 Å². The normalized spacial score (nSPS) is 12.0. The maximum atomic E-state index is 13.8. The molecule has 3 aromatic carbocycles. The number of likely N-dealkylation sites (N-methyl/N-ethyl adjacent to an activating group) is 1. The molecule has 134 valence electrons. The third kappa shape index (κ3) is 4.37. The molecule has 0 radical (unpaired) electrons. The van der Waals surface area contributed by atoms with Crippen molar-refractivity contribution in [3.8, 4) is 5.75 Å². The van der Waals surface area contributed by atoms with Crippen molar-refractivity contribution in [2.24, 2.45) is 0 Å². The number of ether oxygens (including phenoxy) is 1. The summed E-state index contributed by atoms with van der Waals surface area (Å²) in [5.41, 5.74) is 1.59. The molecule has 3 rings (SSSR count). The first-order chi connectivity index (χ1) is 12.5. The molecule has 0 saturated carbocycles. The standard InChI is InChI=1S/C21H21FN2O2/c1-24(13-15-7-10-20(26-2)19(22)11-15)14-21(25)23-18-9-8-16-5-3-4-6-17(16)12-18/h3-12H,13-14H2,1-2H3,(H,23,25)/p+1. The maximum Gasteiger partial charge on any atom is 0.279 e. The Kier molecular flexibility index (Phi) is 5.49. The van der Waals surface area contributed by atoms with Gasteiger partial charge in [-0.2, -0.15) is 0 Å². The van der Waals surface area contributed by atoms with Crippen molar-refractivity contribution < 1.29 is 18.8 Å². The van der Waals surface area contributed by atoms with Crippen molar-refractivity contribution in [3.63, 3.8) is 0 Å². The first kappa shape index (κ1) is 17.9. The molecule has 0 fully saturated rings. The van der Waals surface area contributed by atoms with Crippen molar-refractivity contribution >= 4 is 22.4 Å². The van der Waals surface area contributed by atoms with Gasteiger partial charge in [0.15, 0.2) is 18.1 Å². The van der Waals surface area contributed by atoms with E-state index in [9.17, 15) is 9.18 Å². The number of anilines is 1. The summed E-state index contributed by atoms with van der Waals surface area (Å²) in [4.78, 5) is 13.3. The fourth-order valence-electron chi connectivity index (χ4n) is 2.98. The molecule has 26 heavy (non-hydrogen) atoms. The van der Waals surface area contributed by atoms with Gasteiger partial charge in [0.05, 0.1) is 14.2 Å². The third-order valence-corrected chi connectivity index (χ3v) is 4.22. The average Bonchev–Trinajstić information content (AvgIpc) is 2.61. The first-order valence-electron chi connectivity index (χ1n) is 8.47. The summed E-state index contributed by atoms with van der Waals surface area (Å²) in [6, 6.07) is 18.7. The molecular weight excluding hydrogens is 331 g/mol. The summed E-state index contributed by atoms with van der Waals surface area (Å²) in [6.07, 6.45) is 0. The van der Waals surface area contributed by atoms with Gasteiger partial charge in [0.25, 0.3) is 5.91 Å². The van der Waals surface area contributed by atoms with Crippen LogP contribution in [0, 0.1) is 5.82 Å². The Labute approximate surface area is 152 Å². The fourth-order valence-corrected chi connectivity index (χ4v) is 2.98. The van der Waals surface area contributed by atoms with Gasteiger partial charge < -0.3 is 15.0 Å². The van der Waals surface area contributed by atoms with Gasteiger partial charge in [0.2, 0.25) is 0 Å². The zero-order chi connectivity index (χ0) is 18.5. The molecule has 0 aromatic heterocycles. The maximum absolute atomic E-state index is 13.8. The van der Waals surface area contributed by atoms with E-state index in [2.05, 4.69) is 5.32 Å². The summed E-state index contributed by atoms with van der Waals surface area (Å²) in [5.74, 6) is -0.245. The molecule has 2 N–H and O–H groups in total. The van der Waals surface area contributed by atoms with Crippen molar-refractivity contribution in [1.82, 2.24) is 0 Å². The lowest BCUT2D eigenvalue weighted by Crippen LogP contribution is -3.08. The molecule has 0 aliphatic carbocycles. The largest absolute Gasteiger partial charge is 0.494 e. The van der Waals surface area contributed by atoms with Crippen molar-refractivity contribution in [1.29, 1.82) is 0 Å². The number of hydrogen-bond acceptors (Lipinski definition) is 2. The highest BCUT2D eigenvalue weighted by molar-refractivity contribution is 5.94. The molecule has 0 aliphatic heterocycles. The Bertz CT molecular complexity index is 927. The molecule has 1 unspecified atom stereocenters. The van der Waals surface area contributed by atoms with Crippen LogP contribution in [0.5, 0.6) is 5.75 Å². The second kappa shape index (κ2) is 7.97. The van der Waals surface area contributed by atoms with Crippen LogP contribution in [0.4, 0.5) is 10.1 Å². The second-order valence-electron chi connectivity index (χ2n) is 6.39. The summed E-state index contributed by atoms with van der Waals surface area (Å²) >= 11 is 0. The number of hydrogen-bond donors (Lipinski definition) is 2. The van der Waals surface area contributed by atoms with E-state index >= 15 is 0 Å². The number of carbonyl (C=O) groups excluding carboxylic acids is 1. The zero-order valence-corrected chi connectivity index (χ0v) is 14.9. The van der Waals surface area contributed by atoms with Gasteiger partial charge in [-0.25, -0.2) is 4.39 Å². The van der Waals surface area contributed by atoms with Crippen LogP contribution in [0.25, 0.3) is 10.8 Å². The Balaban J connectivity index is 1.59. The smallest absolute Gasteiger partial charge is 0.279 e. The van der Waals surface area contributed by atoms with E-state index in [1.165, 1.54) is 13.2 Å². The minimum atomic E-state index is -0.390. The first-order valence-corrected chi connectivity index (χ1v) is 8.47. The predicted molar refractivity (Wildman–Crippen MR) is 101 cm³/mol. The number of rotatable bonds is 6. The van der Waals surface area contributed by atoms with Gasteiger partial charge in [0, 0.05) is 11.3 Å². The number of halogens is 1. The molecular formula is C21H22FN2O2+. The van der Waals surface area contributed by atoms with Crippen molar-refractivity contribution in [2.45, 2.75) is 6.54 Å². The fraction of sp³-hybridized carbons (Fsp3) is 0.190. The van der Waals surface area contributed by atoms with Crippen LogP contribution < -0.4 is 15.0 Å². The van der Waals surface area contributed by atoms with Gasteiger partial charge in [-0.15, -0.1) is 0 Å². The monoisotopic (exact) mass is 353 g/mol. The number of quaternary nitrogens is 1. The van der Waals surface area contributed by atoms with E-state index in [1.807, 2.05) is 55.6 Å². The van der Waals surface area contributed by atoms with Crippen LogP contribution >= 0.6 is 0 Å². The molecule has 1 amide bonds. The number of nitrogens with one attached hydrogen (secondary N) is 2. The van der Waals surface area contributed by atoms with Crippen molar-refractivity contribution in [3.05, 3.63) is 72.0 Å². The van der Waals surface area contributed by atoms with Gasteiger partial charge in [0.1, 0.15) is 6.54 Å². The predicted octanol–water partition coefficient (Wildman–Crippen LogP) is 2.64. The van der Waals surface area contributed by atoms with Gasteiger partial charge >= 0.3 is 0 Å². The van der Waals surface area contributed by atoms with Crippen LogP contribution in [0.3, 0.4) is 0 Å². The molecule has 4 nitrogen and oxygen atoms in total. The van der Waals surface area contributed by atoms with Crippen LogP contribution in [-0.2, 0) is 11.3 Å². The van der Waals surface area contributed by atoms with Crippen LogP contribution in [0.1, 0.15) is 5.56 Å². The second-order valence-corrected chi connectivity index (χ2v) is 6.39. The Hall–Kier alpha value is -2.92. The van der Waals surface area contributed by atoms with E-state index in [4.69, 9.17) is 4.74 Å². The van der Waals surface area contributed by atoms with E-state index < -0.39 is 5.82 Å². The Morgan fingerprint density at radius 3 is 2.58 bits per heavy atom. The van der Waals surface area contributed by atoms with Crippen molar-refractivity contribution in [2.75, 3.05) is 26.0 Å². The van der Waals surface area contributed by atoms with Crippen LogP contribution in [-0.4, -0.2) is 26.6 Å². The van der Waals surface area contributed by atoms with Crippen LogP contribution in [0.15, 0.2) is 60.7 Å². The lowest BCUT2D eigenvalue weighted by atomic mass is 10.1. The molecule has 5 heteroatoms. The Morgan fingerprint density at radius 1 is 1.08 bits per heavy atom. The molecule has 0 bridgehead atoms. The summed E-state index contributed by atoms with van der Waals surface area (Å²) < 4.78 is 18.7. The van der Waals surface area contributed by atoms with Gasteiger partial charge in [-0.1, -0.05) is 30.3 Å². The lowest BCUT2D eigenvalue weighted by molar-refractivity contribution is -0.885. The van der Waals surface area contributed by atoms with E-state index in [1.54, 1.807) is 6.07 Å². The quantitative estimate of drug-likeness (QED) is 0.715. The highest BCUT2D eigenvalue weighted by Gasteiger charge is 2.12. The van der Waals surface area contributed by atoms with E-state index in [-0.39, 0.29) is 11.7 Å². The highest BCUT2D eigenvalue weighted by atomic mass is 19.1. The number of methoxy groups -OCH3 is 1. The topological polar surface area (TPSA) is 42.8 Å². The minimum absolute atomic E-state index is 0.0771. The average molecular weight is 353 g/mol. The molecule has 0 spiro atoms. The van der Waals surface area contributed by atoms with Gasteiger partial charge in [-0.3, -0.25) is 4.79 Å². The number of benzene rings is 3. The summed E-state index contributed by atoms with van der Waals surface area (Å²) in [7, 11) is 3.34. The van der Waals surface area contributed by atoms with E-state index in [0.717, 1.165) is 26.9 Å². The van der Waals surface area contributed by atoms with Crippen LogP contribution in [0.2, 0.25) is 0 Å². The molecule has 0 saturated heterocycles. The highest BCUT2D eigenvalue weighted by Crippen LogP contribution is 2.19. The summed E-state index contributed by atoms with van der Waals surface area (Å²) in [5, 5.41) is 5.14.